The molecule has 0 fully saturated rings. The van der Waals surface area contributed by atoms with Gasteiger partial charge >= 0.3 is 0 Å². The molecule has 1 N–H and O–H groups in total. The van der Waals surface area contributed by atoms with E-state index in [-0.39, 0.29) is 6.10 Å². The monoisotopic (exact) mass is 214 g/mol. The van der Waals surface area contributed by atoms with E-state index in [1.165, 1.54) is 4.88 Å². The molecular formula is C10H18N2OS. The van der Waals surface area contributed by atoms with Gasteiger partial charge in [0.25, 0.3) is 0 Å². The Bertz CT molecular complexity index is 294. The van der Waals surface area contributed by atoms with Crippen molar-refractivity contribution < 1.29 is 5.11 Å². The fourth-order valence-electron chi connectivity index (χ4n) is 1.18. The summed E-state index contributed by atoms with van der Waals surface area (Å²) in [6.45, 7) is 3.85. The van der Waals surface area contributed by atoms with E-state index in [4.69, 9.17) is 0 Å². The van der Waals surface area contributed by atoms with E-state index < -0.39 is 0 Å². The van der Waals surface area contributed by atoms with Crippen LogP contribution in [-0.2, 0) is 6.42 Å². The summed E-state index contributed by atoms with van der Waals surface area (Å²) >= 11 is 1.71. The van der Waals surface area contributed by atoms with Gasteiger partial charge in [-0.3, -0.25) is 0 Å². The molecular weight excluding hydrogens is 196 g/mol. The molecule has 0 aromatic carbocycles. The molecule has 1 aromatic rings. The van der Waals surface area contributed by atoms with Gasteiger partial charge in [-0.05, 0) is 26.7 Å². The van der Waals surface area contributed by atoms with Crippen molar-refractivity contribution in [3.63, 3.8) is 0 Å². The van der Waals surface area contributed by atoms with Crippen LogP contribution in [0.5, 0.6) is 0 Å². The van der Waals surface area contributed by atoms with Crippen molar-refractivity contribution in [2.75, 3.05) is 19.0 Å². The molecule has 0 radical (unpaired) electrons. The molecule has 1 atom stereocenters. The van der Waals surface area contributed by atoms with E-state index in [0.717, 1.165) is 23.7 Å². The van der Waals surface area contributed by atoms with Crippen LogP contribution in [0.15, 0.2) is 0 Å². The molecule has 0 saturated carbocycles. The molecule has 1 aromatic heterocycles. The molecule has 4 heteroatoms. The smallest absolute Gasteiger partial charge is 0.185 e. The first kappa shape index (κ1) is 11.5. The molecule has 14 heavy (non-hydrogen) atoms. The van der Waals surface area contributed by atoms with Crippen molar-refractivity contribution in [2.45, 2.75) is 32.8 Å². The van der Waals surface area contributed by atoms with Crippen molar-refractivity contribution in [1.29, 1.82) is 0 Å². The summed E-state index contributed by atoms with van der Waals surface area (Å²) in [4.78, 5) is 7.75. The number of anilines is 1. The summed E-state index contributed by atoms with van der Waals surface area (Å²) in [6, 6.07) is 0. The Morgan fingerprint density at radius 2 is 2.14 bits per heavy atom. The SMILES string of the molecule is Cc1nc(N(C)C)sc1CC[C@H](C)O. The minimum atomic E-state index is -0.223. The van der Waals surface area contributed by atoms with Gasteiger partial charge in [0.2, 0.25) is 0 Å². The maximum atomic E-state index is 9.19. The maximum absolute atomic E-state index is 9.19. The number of rotatable bonds is 4. The molecule has 1 heterocycles. The van der Waals surface area contributed by atoms with E-state index in [1.54, 1.807) is 11.3 Å². The Morgan fingerprint density at radius 1 is 1.50 bits per heavy atom. The summed E-state index contributed by atoms with van der Waals surface area (Å²) in [5.41, 5.74) is 1.10. The zero-order valence-electron chi connectivity index (χ0n) is 9.24. The van der Waals surface area contributed by atoms with Gasteiger partial charge in [-0.2, -0.15) is 0 Å². The third kappa shape index (κ3) is 2.96. The first-order valence-corrected chi connectivity index (χ1v) is 5.64. The van der Waals surface area contributed by atoms with Gasteiger partial charge in [-0.15, -0.1) is 11.3 Å². The highest BCUT2D eigenvalue weighted by atomic mass is 32.1. The van der Waals surface area contributed by atoms with Crippen LogP contribution in [0.1, 0.15) is 23.9 Å². The molecule has 3 nitrogen and oxygen atoms in total. The zero-order chi connectivity index (χ0) is 10.7. The first-order chi connectivity index (χ1) is 6.50. The Morgan fingerprint density at radius 3 is 2.57 bits per heavy atom. The van der Waals surface area contributed by atoms with Crippen molar-refractivity contribution >= 4 is 16.5 Å². The maximum Gasteiger partial charge on any atom is 0.185 e. The second kappa shape index (κ2) is 4.75. The average Bonchev–Trinajstić information content (AvgIpc) is 2.43. The van der Waals surface area contributed by atoms with Crippen molar-refractivity contribution in [2.24, 2.45) is 0 Å². The van der Waals surface area contributed by atoms with E-state index in [0.29, 0.717) is 0 Å². The number of aliphatic hydroxyl groups excluding tert-OH is 1. The quantitative estimate of drug-likeness (QED) is 0.830. The van der Waals surface area contributed by atoms with Crippen LogP contribution < -0.4 is 4.90 Å². The topological polar surface area (TPSA) is 36.4 Å². The van der Waals surface area contributed by atoms with Gasteiger partial charge in [-0.25, -0.2) is 4.98 Å². The van der Waals surface area contributed by atoms with Crippen LogP contribution in [0, 0.1) is 6.92 Å². The standard InChI is InChI=1S/C10H18N2OS/c1-7(13)5-6-9-8(2)11-10(14-9)12(3)4/h7,13H,5-6H2,1-4H3/t7-/m0/s1. The second-order valence-corrected chi connectivity index (χ2v) is 4.85. The largest absolute Gasteiger partial charge is 0.393 e. The van der Waals surface area contributed by atoms with Crippen LogP contribution in [0.3, 0.4) is 0 Å². The minimum absolute atomic E-state index is 0.223. The van der Waals surface area contributed by atoms with Gasteiger partial charge in [0.1, 0.15) is 0 Å². The van der Waals surface area contributed by atoms with Crippen LogP contribution in [0.2, 0.25) is 0 Å². The highest BCUT2D eigenvalue weighted by Crippen LogP contribution is 2.25. The first-order valence-electron chi connectivity index (χ1n) is 4.82. The van der Waals surface area contributed by atoms with Crippen LogP contribution >= 0.6 is 11.3 Å². The van der Waals surface area contributed by atoms with Crippen molar-refractivity contribution in [3.8, 4) is 0 Å². The Labute approximate surface area is 89.4 Å². The predicted molar refractivity (Wildman–Crippen MR) is 61.2 cm³/mol. The lowest BCUT2D eigenvalue weighted by molar-refractivity contribution is 0.185. The van der Waals surface area contributed by atoms with Crippen LogP contribution in [0.4, 0.5) is 5.13 Å². The summed E-state index contributed by atoms with van der Waals surface area (Å²) in [6.07, 6.45) is 1.52. The number of hydrogen-bond acceptors (Lipinski definition) is 4. The molecule has 0 bridgehead atoms. The third-order valence-corrected chi connectivity index (χ3v) is 3.44. The number of hydrogen-bond donors (Lipinski definition) is 1. The highest BCUT2D eigenvalue weighted by Gasteiger charge is 2.09. The summed E-state index contributed by atoms with van der Waals surface area (Å²) in [5.74, 6) is 0. The van der Waals surface area contributed by atoms with Gasteiger partial charge in [-0.1, -0.05) is 0 Å². The Kier molecular flexibility index (Phi) is 3.89. The number of aryl methyl sites for hydroxylation is 2. The molecule has 0 aliphatic heterocycles. The fourth-order valence-corrected chi connectivity index (χ4v) is 2.17. The number of thiazole rings is 1. The minimum Gasteiger partial charge on any atom is -0.393 e. The second-order valence-electron chi connectivity index (χ2n) is 3.79. The average molecular weight is 214 g/mol. The van der Waals surface area contributed by atoms with Crippen molar-refractivity contribution in [1.82, 2.24) is 4.98 Å². The predicted octanol–water partition coefficient (Wildman–Crippen LogP) is 1.83. The van der Waals surface area contributed by atoms with Crippen LogP contribution in [-0.4, -0.2) is 30.3 Å². The molecule has 0 amide bonds. The molecule has 1 rings (SSSR count). The number of aromatic nitrogens is 1. The third-order valence-electron chi connectivity index (χ3n) is 2.05. The van der Waals surface area contributed by atoms with Gasteiger partial charge in [0.15, 0.2) is 5.13 Å². The van der Waals surface area contributed by atoms with Gasteiger partial charge in [0, 0.05) is 19.0 Å². The molecule has 0 saturated heterocycles. The molecule has 0 spiro atoms. The summed E-state index contributed by atoms with van der Waals surface area (Å²) in [5, 5.41) is 10.2. The summed E-state index contributed by atoms with van der Waals surface area (Å²) < 4.78 is 0. The van der Waals surface area contributed by atoms with Gasteiger partial charge in [0.05, 0.1) is 11.8 Å². The van der Waals surface area contributed by atoms with E-state index in [9.17, 15) is 5.11 Å². The fraction of sp³-hybridized carbons (Fsp3) is 0.700. The molecule has 80 valence electrons. The lowest BCUT2D eigenvalue weighted by Gasteiger charge is -2.05. The Balaban J connectivity index is 2.67. The lowest BCUT2D eigenvalue weighted by Crippen LogP contribution is -2.07. The normalized spacial score (nSPS) is 12.9. The number of aliphatic hydroxyl groups is 1. The van der Waals surface area contributed by atoms with E-state index in [1.807, 2.05) is 32.8 Å². The Hall–Kier alpha value is -0.610. The molecule has 0 aliphatic carbocycles. The zero-order valence-corrected chi connectivity index (χ0v) is 10.1. The molecule has 0 unspecified atom stereocenters. The van der Waals surface area contributed by atoms with Crippen LogP contribution in [0.25, 0.3) is 0 Å². The van der Waals surface area contributed by atoms with Gasteiger partial charge < -0.3 is 10.0 Å². The highest BCUT2D eigenvalue weighted by molar-refractivity contribution is 7.15. The van der Waals surface area contributed by atoms with Crippen molar-refractivity contribution in [3.05, 3.63) is 10.6 Å². The number of nitrogens with zero attached hydrogens (tertiary/aromatic N) is 2. The lowest BCUT2D eigenvalue weighted by atomic mass is 10.2. The van der Waals surface area contributed by atoms with E-state index in [2.05, 4.69) is 4.98 Å². The van der Waals surface area contributed by atoms with E-state index >= 15 is 0 Å². The molecule has 0 aliphatic rings. The summed E-state index contributed by atoms with van der Waals surface area (Å²) in [7, 11) is 3.99.